The monoisotopic (exact) mass is 415 g/mol. The Bertz CT molecular complexity index is 910. The highest BCUT2D eigenvalue weighted by molar-refractivity contribution is 8.14. The SMILES string of the molecule is CC(=N)c1ccccc1C(=N)SCC(=O)c1ccc(CNC(=O)C(C)(C)C)s1. The Kier molecular flexibility index (Phi) is 7.32. The Morgan fingerprint density at radius 2 is 1.71 bits per heavy atom. The predicted octanol–water partition coefficient (Wildman–Crippen LogP) is 4.74. The van der Waals surface area contributed by atoms with E-state index in [1.165, 1.54) is 23.1 Å². The number of hydrogen-bond acceptors (Lipinski definition) is 6. The first-order valence-electron chi connectivity index (χ1n) is 8.86. The lowest BCUT2D eigenvalue weighted by Crippen LogP contribution is -2.34. The molecule has 0 atom stereocenters. The maximum absolute atomic E-state index is 12.5. The van der Waals surface area contributed by atoms with Gasteiger partial charge in [-0.2, -0.15) is 0 Å². The van der Waals surface area contributed by atoms with E-state index in [9.17, 15) is 9.59 Å². The lowest BCUT2D eigenvalue weighted by atomic mass is 9.96. The minimum absolute atomic E-state index is 0.0297. The number of hydrogen-bond donors (Lipinski definition) is 3. The minimum Gasteiger partial charge on any atom is -0.351 e. The molecule has 0 unspecified atom stereocenters. The highest BCUT2D eigenvalue weighted by Crippen LogP contribution is 2.22. The van der Waals surface area contributed by atoms with Crippen LogP contribution in [-0.2, 0) is 11.3 Å². The molecule has 5 nitrogen and oxygen atoms in total. The number of thioether (sulfide) groups is 1. The fraction of sp³-hybridized carbons (Fsp3) is 0.333. The van der Waals surface area contributed by atoms with Crippen molar-refractivity contribution < 1.29 is 9.59 Å². The van der Waals surface area contributed by atoms with Gasteiger partial charge >= 0.3 is 0 Å². The smallest absolute Gasteiger partial charge is 0.225 e. The number of benzene rings is 1. The summed E-state index contributed by atoms with van der Waals surface area (Å²) in [5.74, 6) is 0.0913. The zero-order valence-corrected chi connectivity index (χ0v) is 18.1. The highest BCUT2D eigenvalue weighted by Gasteiger charge is 2.21. The standard InChI is InChI=1S/C21H25N3O2S2/c1-13(22)15-7-5-6-8-16(15)19(23)27-12-17(25)18-10-9-14(28-18)11-24-20(26)21(2,3)4/h5-10,22-23H,11-12H2,1-4H3,(H,24,26). The molecular weight excluding hydrogens is 390 g/mol. The molecule has 28 heavy (non-hydrogen) atoms. The van der Waals surface area contributed by atoms with Crippen molar-refractivity contribution in [1.82, 2.24) is 5.32 Å². The van der Waals surface area contributed by atoms with Crippen LogP contribution in [0, 0.1) is 16.2 Å². The van der Waals surface area contributed by atoms with Gasteiger partial charge in [-0.15, -0.1) is 11.3 Å². The van der Waals surface area contributed by atoms with E-state index in [2.05, 4.69) is 5.32 Å². The van der Waals surface area contributed by atoms with Crippen molar-refractivity contribution in [2.45, 2.75) is 34.2 Å². The Hall–Kier alpha value is -2.25. The van der Waals surface area contributed by atoms with Crippen LogP contribution in [0.3, 0.4) is 0 Å². The molecule has 0 bridgehead atoms. The van der Waals surface area contributed by atoms with Crippen LogP contribution in [0.2, 0.25) is 0 Å². The number of nitrogens with one attached hydrogen (secondary N) is 3. The number of carbonyl (C=O) groups excluding carboxylic acids is 2. The van der Waals surface area contributed by atoms with Gasteiger partial charge in [-0.05, 0) is 19.1 Å². The fourth-order valence-electron chi connectivity index (χ4n) is 2.35. The van der Waals surface area contributed by atoms with E-state index < -0.39 is 5.41 Å². The number of thiophene rings is 1. The van der Waals surface area contributed by atoms with Crippen molar-refractivity contribution in [3.8, 4) is 0 Å². The van der Waals surface area contributed by atoms with E-state index in [0.717, 1.165) is 4.88 Å². The molecule has 148 valence electrons. The fourth-order valence-corrected chi connectivity index (χ4v) is 4.09. The molecule has 2 aromatic rings. The van der Waals surface area contributed by atoms with Crippen LogP contribution in [0.1, 0.15) is 53.4 Å². The van der Waals surface area contributed by atoms with Crippen molar-refractivity contribution in [2.24, 2.45) is 5.41 Å². The van der Waals surface area contributed by atoms with Gasteiger partial charge in [0, 0.05) is 27.1 Å². The molecule has 1 heterocycles. The number of amides is 1. The third kappa shape index (κ3) is 5.87. The largest absolute Gasteiger partial charge is 0.351 e. The molecule has 0 saturated carbocycles. The molecule has 0 spiro atoms. The third-order valence-corrected chi connectivity index (χ3v) is 6.01. The first-order valence-corrected chi connectivity index (χ1v) is 10.7. The molecule has 2 rings (SSSR count). The number of Topliss-reactive ketones (excluding diaryl/α,β-unsaturated/α-hetero) is 1. The van der Waals surface area contributed by atoms with Crippen LogP contribution in [0.5, 0.6) is 0 Å². The summed E-state index contributed by atoms with van der Waals surface area (Å²) in [6, 6.07) is 10.9. The molecule has 1 amide bonds. The lowest BCUT2D eigenvalue weighted by molar-refractivity contribution is -0.128. The molecular formula is C21H25N3O2S2. The molecule has 0 aliphatic carbocycles. The van der Waals surface area contributed by atoms with E-state index in [0.29, 0.717) is 28.3 Å². The average molecular weight is 416 g/mol. The van der Waals surface area contributed by atoms with Gasteiger partial charge in [-0.3, -0.25) is 15.0 Å². The normalized spacial score (nSPS) is 11.1. The van der Waals surface area contributed by atoms with Gasteiger partial charge in [-0.1, -0.05) is 56.8 Å². The van der Waals surface area contributed by atoms with E-state index >= 15 is 0 Å². The topological polar surface area (TPSA) is 93.9 Å². The quantitative estimate of drug-likeness (QED) is 0.346. The number of ketones is 1. The van der Waals surface area contributed by atoms with Crippen LogP contribution in [0.15, 0.2) is 36.4 Å². The van der Waals surface area contributed by atoms with Gasteiger partial charge in [0.2, 0.25) is 5.91 Å². The van der Waals surface area contributed by atoms with Crippen molar-refractivity contribution >= 4 is 45.5 Å². The summed E-state index contributed by atoms with van der Waals surface area (Å²) in [5.41, 5.74) is 1.33. The van der Waals surface area contributed by atoms with Crippen LogP contribution in [0.25, 0.3) is 0 Å². The third-order valence-electron chi connectivity index (χ3n) is 3.96. The average Bonchev–Trinajstić information content (AvgIpc) is 3.12. The summed E-state index contributed by atoms with van der Waals surface area (Å²) in [6.07, 6.45) is 0. The molecule has 0 saturated heterocycles. The van der Waals surface area contributed by atoms with Crippen LogP contribution in [-0.4, -0.2) is 28.2 Å². The van der Waals surface area contributed by atoms with E-state index in [4.69, 9.17) is 10.8 Å². The second-order valence-corrected chi connectivity index (χ2v) is 9.56. The Morgan fingerprint density at radius 1 is 1.07 bits per heavy atom. The molecule has 7 heteroatoms. The van der Waals surface area contributed by atoms with Crippen molar-refractivity contribution in [1.29, 1.82) is 10.8 Å². The molecule has 0 aliphatic heterocycles. The van der Waals surface area contributed by atoms with Gasteiger partial charge < -0.3 is 10.7 Å². The zero-order valence-electron chi connectivity index (χ0n) is 16.5. The second-order valence-electron chi connectivity index (χ2n) is 7.41. The summed E-state index contributed by atoms with van der Waals surface area (Å²) in [7, 11) is 0. The summed E-state index contributed by atoms with van der Waals surface area (Å²) in [6.45, 7) is 7.67. The van der Waals surface area contributed by atoms with Gasteiger partial charge in [0.05, 0.1) is 22.2 Å². The van der Waals surface area contributed by atoms with Gasteiger partial charge in [0.25, 0.3) is 0 Å². The maximum atomic E-state index is 12.5. The predicted molar refractivity (Wildman–Crippen MR) is 118 cm³/mol. The Morgan fingerprint density at radius 3 is 2.32 bits per heavy atom. The first-order chi connectivity index (χ1) is 13.1. The zero-order chi connectivity index (χ0) is 20.9. The molecule has 1 aromatic heterocycles. The van der Waals surface area contributed by atoms with Crippen molar-refractivity contribution in [2.75, 3.05) is 5.75 Å². The highest BCUT2D eigenvalue weighted by atomic mass is 32.2. The maximum Gasteiger partial charge on any atom is 0.225 e. The summed E-state index contributed by atoms with van der Waals surface area (Å²) in [4.78, 5) is 26.0. The summed E-state index contributed by atoms with van der Waals surface area (Å²) >= 11 is 2.54. The molecule has 0 radical (unpaired) electrons. The Labute approximate surface area is 174 Å². The van der Waals surface area contributed by atoms with Gasteiger partial charge in [0.1, 0.15) is 0 Å². The molecule has 1 aromatic carbocycles. The van der Waals surface area contributed by atoms with Crippen molar-refractivity contribution in [3.63, 3.8) is 0 Å². The number of carbonyl (C=O) groups is 2. The van der Waals surface area contributed by atoms with Gasteiger partial charge in [0.15, 0.2) is 5.78 Å². The summed E-state index contributed by atoms with van der Waals surface area (Å²) in [5, 5.41) is 19.3. The first kappa shape index (κ1) is 22.0. The van der Waals surface area contributed by atoms with Crippen molar-refractivity contribution in [3.05, 3.63) is 57.3 Å². The molecule has 0 fully saturated rings. The summed E-state index contributed by atoms with van der Waals surface area (Å²) < 4.78 is 0. The van der Waals surface area contributed by atoms with Crippen LogP contribution >= 0.6 is 23.1 Å². The minimum atomic E-state index is -0.446. The van der Waals surface area contributed by atoms with E-state index in [1.54, 1.807) is 19.1 Å². The molecule has 3 N–H and O–H groups in total. The lowest BCUT2D eigenvalue weighted by Gasteiger charge is -2.17. The van der Waals surface area contributed by atoms with Gasteiger partial charge in [-0.25, -0.2) is 0 Å². The second kappa shape index (κ2) is 9.30. The van der Waals surface area contributed by atoms with E-state index in [1.807, 2.05) is 45.0 Å². The van der Waals surface area contributed by atoms with Crippen LogP contribution < -0.4 is 5.32 Å². The Balaban J connectivity index is 1.94. The van der Waals surface area contributed by atoms with Crippen LogP contribution in [0.4, 0.5) is 0 Å². The number of rotatable bonds is 7. The van der Waals surface area contributed by atoms with E-state index in [-0.39, 0.29) is 22.5 Å². The molecule has 0 aliphatic rings.